The van der Waals surface area contributed by atoms with E-state index in [1.165, 1.54) is 24.3 Å². The Hall–Kier alpha value is -6.02. The Labute approximate surface area is 335 Å². The lowest BCUT2D eigenvalue weighted by atomic mass is 9.72. The molecule has 2 saturated heterocycles. The summed E-state index contributed by atoms with van der Waals surface area (Å²) in [5.41, 5.74) is 0.175. The molecule has 2 fully saturated rings. The van der Waals surface area contributed by atoms with Crippen LogP contribution in [0.15, 0.2) is 108 Å². The molecule has 2 atom stereocenters. The highest BCUT2D eigenvalue weighted by atomic mass is 16.5. The number of fused-ring (bicyclic) bond motifs is 1. The third kappa shape index (κ3) is 8.61. The number of carboxylic acids is 1. The van der Waals surface area contributed by atoms with E-state index in [1.54, 1.807) is 54.6 Å². The van der Waals surface area contributed by atoms with E-state index in [4.69, 9.17) is 4.74 Å². The molecular weight excluding hydrogens is 741 g/mol. The van der Waals surface area contributed by atoms with Gasteiger partial charge >= 0.3 is 5.97 Å². The number of amides is 2. The first kappa shape index (κ1) is 40.2. The van der Waals surface area contributed by atoms with Gasteiger partial charge in [-0.05, 0) is 97.2 Å². The maximum Gasteiger partial charge on any atom is 0.345 e. The molecule has 4 aromatic carbocycles. The van der Waals surface area contributed by atoms with Crippen molar-refractivity contribution in [1.82, 2.24) is 20.1 Å². The van der Waals surface area contributed by atoms with Crippen molar-refractivity contribution < 1.29 is 39.5 Å². The van der Waals surface area contributed by atoms with Crippen molar-refractivity contribution >= 4 is 28.7 Å². The van der Waals surface area contributed by atoms with Gasteiger partial charge in [-0.25, -0.2) is 4.79 Å². The highest BCUT2D eigenvalue weighted by Crippen LogP contribution is 2.40. The molecule has 2 amide bonds. The smallest absolute Gasteiger partial charge is 0.345 e. The number of aliphatic hydroxyl groups is 2. The number of pyridine rings is 1. The highest BCUT2D eigenvalue weighted by Gasteiger charge is 2.42. The minimum absolute atomic E-state index is 0.0217. The monoisotopic (exact) mass is 788 g/mol. The topological polar surface area (TPSA) is 193 Å². The minimum Gasteiger partial charge on any atom is -0.506 e. The number of piperidine rings is 2. The Balaban J connectivity index is 0.867. The van der Waals surface area contributed by atoms with Gasteiger partial charge in [0.1, 0.15) is 11.5 Å². The maximum atomic E-state index is 13.5. The number of phenols is 1. The molecule has 0 bridgehead atoms. The van der Waals surface area contributed by atoms with Gasteiger partial charge in [0.25, 0.3) is 11.8 Å². The van der Waals surface area contributed by atoms with Crippen LogP contribution in [-0.4, -0.2) is 98.9 Å². The second kappa shape index (κ2) is 17.2. The first-order chi connectivity index (χ1) is 28.0. The molecule has 1 spiro atoms. The van der Waals surface area contributed by atoms with E-state index in [9.17, 15) is 39.6 Å². The molecule has 13 heteroatoms. The van der Waals surface area contributed by atoms with Crippen LogP contribution in [0, 0.1) is 5.41 Å². The zero-order valence-corrected chi connectivity index (χ0v) is 32.1. The molecule has 302 valence electrons. The standard InChI is InChI=1S/C45H48N4O9/c50-37-16-14-35(36-15-17-39(52)47-41(36)37)38(51)27-46-22-18-30-10-12-31(13-11-30)42(54)48-24-20-44(21-25-48)19-5-23-49(29-44)40(53)28-58-34-9-4-8-33(26-34)45(57,43(55)56)32-6-2-1-3-7-32/h1-4,6-17,26,38,46,50-51,57H,5,18-25,27-29H2,(H,47,52)(H,55,56). The highest BCUT2D eigenvalue weighted by molar-refractivity contribution is 5.94. The molecule has 0 aliphatic carbocycles. The van der Waals surface area contributed by atoms with Crippen LogP contribution in [-0.2, 0) is 21.6 Å². The molecule has 0 saturated carbocycles. The lowest BCUT2D eigenvalue weighted by Crippen LogP contribution is -2.52. The van der Waals surface area contributed by atoms with E-state index in [2.05, 4.69) is 10.3 Å². The number of aliphatic carboxylic acids is 1. The number of benzene rings is 4. The number of aliphatic hydroxyl groups excluding tert-OH is 1. The van der Waals surface area contributed by atoms with Gasteiger partial charge in [-0.15, -0.1) is 0 Å². The zero-order chi connectivity index (χ0) is 40.9. The van der Waals surface area contributed by atoms with E-state index >= 15 is 0 Å². The van der Waals surface area contributed by atoms with Crippen molar-refractivity contribution in [2.24, 2.45) is 5.41 Å². The predicted octanol–water partition coefficient (Wildman–Crippen LogP) is 4.34. The molecular formula is C45H48N4O9. The molecule has 2 aliphatic heterocycles. The minimum atomic E-state index is -2.28. The van der Waals surface area contributed by atoms with Crippen molar-refractivity contribution in [3.8, 4) is 11.5 Å². The lowest BCUT2D eigenvalue weighted by Gasteiger charge is -2.47. The summed E-state index contributed by atoms with van der Waals surface area (Å²) in [6.07, 6.45) is 3.23. The van der Waals surface area contributed by atoms with E-state index < -0.39 is 17.7 Å². The Morgan fingerprint density at radius 3 is 2.34 bits per heavy atom. The number of aromatic hydroxyl groups is 1. The van der Waals surface area contributed by atoms with Crippen molar-refractivity contribution in [2.45, 2.75) is 43.8 Å². The molecule has 0 radical (unpaired) electrons. The van der Waals surface area contributed by atoms with Crippen molar-refractivity contribution in [2.75, 3.05) is 45.9 Å². The largest absolute Gasteiger partial charge is 0.506 e. The Kier molecular flexibility index (Phi) is 11.9. The molecule has 7 rings (SSSR count). The lowest BCUT2D eigenvalue weighted by molar-refractivity contribution is -0.155. The van der Waals surface area contributed by atoms with E-state index in [0.29, 0.717) is 61.2 Å². The Bertz CT molecular complexity index is 2320. The quantitative estimate of drug-likeness (QED) is 0.0936. The number of aromatic amines is 1. The summed E-state index contributed by atoms with van der Waals surface area (Å²) >= 11 is 0. The number of likely N-dealkylation sites (tertiary alicyclic amines) is 2. The summed E-state index contributed by atoms with van der Waals surface area (Å²) < 4.78 is 5.85. The predicted molar refractivity (Wildman–Crippen MR) is 217 cm³/mol. The fourth-order valence-electron chi connectivity index (χ4n) is 8.28. The third-order valence-corrected chi connectivity index (χ3v) is 11.6. The van der Waals surface area contributed by atoms with Gasteiger partial charge in [0.15, 0.2) is 6.61 Å². The van der Waals surface area contributed by atoms with Gasteiger partial charge in [0.05, 0.1) is 11.6 Å². The molecule has 13 nitrogen and oxygen atoms in total. The molecule has 2 aliphatic rings. The van der Waals surface area contributed by atoms with Gasteiger partial charge in [0.2, 0.25) is 11.2 Å². The Morgan fingerprint density at radius 1 is 0.862 bits per heavy atom. The molecule has 6 N–H and O–H groups in total. The maximum absolute atomic E-state index is 13.5. The number of aromatic nitrogens is 1. The van der Waals surface area contributed by atoms with Crippen LogP contribution in [0.2, 0.25) is 0 Å². The average molecular weight is 789 g/mol. The molecule has 5 aromatic rings. The number of carbonyl (C=O) groups excluding carboxylic acids is 2. The van der Waals surface area contributed by atoms with Crippen LogP contribution in [0.4, 0.5) is 0 Å². The number of nitrogens with zero attached hydrogens (tertiary/aromatic N) is 2. The summed E-state index contributed by atoms with van der Waals surface area (Å²) in [5.74, 6) is -1.39. The van der Waals surface area contributed by atoms with Crippen molar-refractivity contribution in [1.29, 1.82) is 0 Å². The van der Waals surface area contributed by atoms with Crippen LogP contribution in [0.25, 0.3) is 10.9 Å². The van der Waals surface area contributed by atoms with Gasteiger partial charge in [0, 0.05) is 55.3 Å². The summed E-state index contributed by atoms with van der Waals surface area (Å²) in [5, 5.41) is 46.0. The number of H-pyrrole nitrogens is 1. The van der Waals surface area contributed by atoms with Crippen LogP contribution in [0.5, 0.6) is 11.5 Å². The number of phenolic OH excluding ortho intramolecular Hbond substituents is 1. The van der Waals surface area contributed by atoms with E-state index in [1.807, 2.05) is 34.1 Å². The molecule has 2 unspecified atom stereocenters. The van der Waals surface area contributed by atoms with Crippen LogP contribution in [0.3, 0.4) is 0 Å². The Morgan fingerprint density at radius 2 is 1.60 bits per heavy atom. The summed E-state index contributed by atoms with van der Waals surface area (Å²) in [6, 6.07) is 28.0. The van der Waals surface area contributed by atoms with Gasteiger partial charge in [-0.3, -0.25) is 14.4 Å². The summed E-state index contributed by atoms with van der Waals surface area (Å²) in [6.45, 7) is 3.03. The molecule has 3 heterocycles. The summed E-state index contributed by atoms with van der Waals surface area (Å²) in [4.78, 5) is 57.2. The van der Waals surface area contributed by atoms with E-state index in [-0.39, 0.29) is 58.6 Å². The van der Waals surface area contributed by atoms with Gasteiger partial charge < -0.3 is 45.3 Å². The van der Waals surface area contributed by atoms with Crippen molar-refractivity contribution in [3.63, 3.8) is 0 Å². The van der Waals surface area contributed by atoms with Crippen LogP contribution >= 0.6 is 0 Å². The first-order valence-corrected chi connectivity index (χ1v) is 19.6. The molecule has 58 heavy (non-hydrogen) atoms. The van der Waals surface area contributed by atoms with Gasteiger partial charge in [-0.2, -0.15) is 0 Å². The zero-order valence-electron chi connectivity index (χ0n) is 32.1. The third-order valence-electron chi connectivity index (χ3n) is 11.6. The fraction of sp³-hybridized carbons (Fsp3) is 0.333. The first-order valence-electron chi connectivity index (χ1n) is 19.6. The van der Waals surface area contributed by atoms with Crippen LogP contribution in [0.1, 0.15) is 64.4 Å². The second-order valence-electron chi connectivity index (χ2n) is 15.4. The van der Waals surface area contributed by atoms with Crippen LogP contribution < -0.4 is 15.6 Å². The SMILES string of the molecule is O=C(COc1cccc(C(O)(C(=O)O)c2ccccc2)c1)N1CCCC2(CCN(C(=O)c3ccc(CCNCC(O)c4ccc(O)c5[nH]c(=O)ccc45)cc3)CC2)C1. The second-order valence-corrected chi connectivity index (χ2v) is 15.4. The molecule has 1 aromatic heterocycles. The van der Waals surface area contributed by atoms with E-state index in [0.717, 1.165) is 31.2 Å². The average Bonchev–Trinajstić information content (AvgIpc) is 3.25. The fourth-order valence-corrected chi connectivity index (χ4v) is 8.28. The van der Waals surface area contributed by atoms with Crippen molar-refractivity contribution in [3.05, 3.63) is 141 Å². The number of hydrogen-bond donors (Lipinski definition) is 6. The number of ether oxygens (including phenoxy) is 1. The number of rotatable bonds is 13. The number of hydrogen-bond acceptors (Lipinski definition) is 9. The number of nitrogens with one attached hydrogen (secondary N) is 2. The van der Waals surface area contributed by atoms with Gasteiger partial charge in [-0.1, -0.05) is 60.7 Å². The summed E-state index contributed by atoms with van der Waals surface area (Å²) in [7, 11) is 0. The number of carbonyl (C=O) groups is 3. The normalized spacial score (nSPS) is 16.8. The number of carboxylic acid groups (broad SMARTS) is 1.